The Morgan fingerprint density at radius 3 is 0.895 bits per heavy atom. The Hall–Kier alpha value is -7.51. The predicted molar refractivity (Wildman–Crippen MR) is 221 cm³/mol. The van der Waals surface area contributed by atoms with Gasteiger partial charge in [-0.2, -0.15) is 0 Å². The van der Waals surface area contributed by atoms with Crippen molar-refractivity contribution in [3.63, 3.8) is 0 Å². The van der Waals surface area contributed by atoms with Crippen molar-refractivity contribution in [2.45, 2.75) is 11.8 Å². The predicted octanol–water partition coefficient (Wildman–Crippen LogP) is 11.2. The highest BCUT2D eigenvalue weighted by Gasteiger charge is 2.42. The largest absolute Gasteiger partial charge is 0.208 e. The highest BCUT2D eigenvalue weighted by molar-refractivity contribution is 5.75. The van der Waals surface area contributed by atoms with Gasteiger partial charge in [-0.15, -0.1) is 0 Å². The van der Waals surface area contributed by atoms with Crippen molar-refractivity contribution >= 4 is 0 Å². The fourth-order valence-corrected chi connectivity index (χ4v) is 8.39. The minimum atomic E-state index is -0.248. The molecular formula is C50H31FN6. The van der Waals surface area contributed by atoms with Gasteiger partial charge in [-0.3, -0.25) is 0 Å². The lowest BCUT2D eigenvalue weighted by molar-refractivity contribution is 0.619. The van der Waals surface area contributed by atoms with Crippen LogP contribution in [0, 0.1) is 5.82 Å². The molecule has 6 nitrogen and oxygen atoms in total. The Kier molecular flexibility index (Phi) is 7.70. The minimum Gasteiger partial charge on any atom is -0.208 e. The smallest absolute Gasteiger partial charge is 0.164 e. The number of benzene rings is 7. The van der Waals surface area contributed by atoms with E-state index in [4.69, 9.17) is 29.9 Å². The number of hydrogen-bond acceptors (Lipinski definition) is 6. The lowest BCUT2D eigenvalue weighted by Crippen LogP contribution is -2.28. The molecule has 2 heterocycles. The van der Waals surface area contributed by atoms with Crippen LogP contribution in [0.2, 0.25) is 0 Å². The lowest BCUT2D eigenvalue weighted by atomic mass is 9.60. The Morgan fingerprint density at radius 2 is 0.544 bits per heavy atom. The summed E-state index contributed by atoms with van der Waals surface area (Å²) in [7, 11) is 0. The first-order valence-electron chi connectivity index (χ1n) is 19.0. The molecule has 2 atom stereocenters. The van der Waals surface area contributed by atoms with Crippen LogP contribution in [0.5, 0.6) is 0 Å². The Morgan fingerprint density at radius 1 is 0.263 bits per heavy atom. The van der Waals surface area contributed by atoms with Crippen LogP contribution in [0.1, 0.15) is 45.2 Å². The standard InChI is InChI=1S/C50H31FN6/c51-36-23-26-39-42(29-36)44-38-25-22-34(49-54-45(30-13-5-1-6-14-30)52-46(55-49)31-15-7-2-8-16-31)27-40(38)43(39)37-24-21-35(28-41(37)44)50-56-47(32-17-9-3-10-18-32)53-48(57-50)33-19-11-4-12-20-33/h1-29,43-44H. The number of nitrogens with zero attached hydrogens (tertiary/aromatic N) is 6. The summed E-state index contributed by atoms with van der Waals surface area (Å²) in [6.45, 7) is 0. The normalized spacial score (nSPS) is 14.8. The fraction of sp³-hybridized carbons (Fsp3) is 0.0400. The van der Waals surface area contributed by atoms with E-state index in [0.29, 0.717) is 34.9 Å². The van der Waals surface area contributed by atoms with Crippen LogP contribution in [0.3, 0.4) is 0 Å². The van der Waals surface area contributed by atoms with Gasteiger partial charge in [-0.25, -0.2) is 34.3 Å². The summed E-state index contributed by atoms with van der Waals surface area (Å²) in [4.78, 5) is 29.9. The van der Waals surface area contributed by atoms with E-state index >= 15 is 4.39 Å². The fourth-order valence-electron chi connectivity index (χ4n) is 8.39. The van der Waals surface area contributed by atoms with Gasteiger partial charge in [0.2, 0.25) is 0 Å². The van der Waals surface area contributed by atoms with Gasteiger partial charge in [0, 0.05) is 45.2 Å². The van der Waals surface area contributed by atoms with Crippen LogP contribution in [-0.4, -0.2) is 29.9 Å². The summed E-state index contributed by atoms with van der Waals surface area (Å²) in [5.41, 5.74) is 12.1. The molecule has 268 valence electrons. The molecule has 0 radical (unpaired) electrons. The third kappa shape index (κ3) is 5.71. The van der Waals surface area contributed by atoms with Gasteiger partial charge in [0.15, 0.2) is 34.9 Å². The molecule has 0 N–H and O–H groups in total. The molecule has 2 aromatic heterocycles. The van der Waals surface area contributed by atoms with Crippen molar-refractivity contribution in [1.29, 1.82) is 0 Å². The lowest BCUT2D eigenvalue weighted by Gasteiger charge is -2.42. The van der Waals surface area contributed by atoms with Gasteiger partial charge in [-0.05, 0) is 57.6 Å². The van der Waals surface area contributed by atoms with Crippen LogP contribution < -0.4 is 0 Å². The van der Waals surface area contributed by atoms with Crippen LogP contribution >= 0.6 is 0 Å². The Labute approximate surface area is 328 Å². The zero-order valence-electron chi connectivity index (χ0n) is 30.5. The van der Waals surface area contributed by atoms with E-state index in [1.165, 1.54) is 5.56 Å². The van der Waals surface area contributed by atoms with E-state index in [1.807, 2.05) is 127 Å². The molecule has 3 aliphatic carbocycles. The number of hydrogen-bond donors (Lipinski definition) is 0. The molecule has 0 spiro atoms. The number of aromatic nitrogens is 6. The van der Waals surface area contributed by atoms with Gasteiger partial charge in [0.25, 0.3) is 0 Å². The van der Waals surface area contributed by atoms with Gasteiger partial charge in [-0.1, -0.05) is 152 Å². The van der Waals surface area contributed by atoms with Crippen LogP contribution in [0.15, 0.2) is 176 Å². The molecule has 7 heteroatoms. The molecule has 0 saturated carbocycles. The van der Waals surface area contributed by atoms with Crippen molar-refractivity contribution in [3.05, 3.63) is 215 Å². The molecular weight excluding hydrogens is 704 g/mol. The van der Waals surface area contributed by atoms with Crippen LogP contribution in [0.25, 0.3) is 68.3 Å². The summed E-state index contributed by atoms with van der Waals surface area (Å²) in [5.74, 6) is 3.06. The minimum absolute atomic E-state index is 0.119. The molecule has 12 rings (SSSR count). The second-order valence-corrected chi connectivity index (χ2v) is 14.4. The van der Waals surface area contributed by atoms with Gasteiger partial charge in [0.05, 0.1) is 0 Å². The zero-order valence-corrected chi connectivity index (χ0v) is 30.5. The molecule has 9 aromatic rings. The summed E-state index contributed by atoms with van der Waals surface area (Å²) >= 11 is 0. The topological polar surface area (TPSA) is 77.3 Å². The van der Waals surface area contributed by atoms with E-state index in [2.05, 4.69) is 36.4 Å². The van der Waals surface area contributed by atoms with Gasteiger partial charge >= 0.3 is 0 Å². The van der Waals surface area contributed by atoms with E-state index in [1.54, 1.807) is 12.1 Å². The van der Waals surface area contributed by atoms with Crippen LogP contribution in [0.4, 0.5) is 4.39 Å². The molecule has 57 heavy (non-hydrogen) atoms. The highest BCUT2D eigenvalue weighted by Crippen LogP contribution is 2.56. The highest BCUT2D eigenvalue weighted by atomic mass is 19.1. The third-order valence-electron chi connectivity index (χ3n) is 11.0. The number of rotatable bonds is 6. The van der Waals surface area contributed by atoms with Crippen LogP contribution in [-0.2, 0) is 0 Å². The molecule has 2 unspecified atom stereocenters. The van der Waals surface area contributed by atoms with E-state index in [0.717, 1.165) is 61.2 Å². The maximum atomic E-state index is 15.1. The Balaban J connectivity index is 1.06. The molecule has 3 aliphatic rings. The summed E-state index contributed by atoms with van der Waals surface area (Å²) < 4.78 is 15.1. The first-order valence-corrected chi connectivity index (χ1v) is 19.0. The van der Waals surface area contributed by atoms with E-state index in [-0.39, 0.29) is 17.7 Å². The maximum absolute atomic E-state index is 15.1. The summed E-state index contributed by atoms with van der Waals surface area (Å²) in [6, 6.07) is 58.2. The Bertz CT molecular complexity index is 2860. The molecule has 2 bridgehead atoms. The van der Waals surface area contributed by atoms with Gasteiger partial charge < -0.3 is 0 Å². The van der Waals surface area contributed by atoms with Crippen molar-refractivity contribution in [3.8, 4) is 68.3 Å². The maximum Gasteiger partial charge on any atom is 0.164 e. The van der Waals surface area contributed by atoms with Crippen molar-refractivity contribution in [1.82, 2.24) is 29.9 Å². The average molecular weight is 735 g/mol. The van der Waals surface area contributed by atoms with E-state index in [9.17, 15) is 0 Å². The molecule has 0 saturated heterocycles. The quantitative estimate of drug-likeness (QED) is 0.169. The zero-order chi connectivity index (χ0) is 37.9. The monoisotopic (exact) mass is 734 g/mol. The average Bonchev–Trinajstić information content (AvgIpc) is 3.29. The summed E-state index contributed by atoms with van der Waals surface area (Å²) in [6.07, 6.45) is 0. The summed E-state index contributed by atoms with van der Waals surface area (Å²) in [5, 5.41) is 0. The van der Waals surface area contributed by atoms with Crippen molar-refractivity contribution in [2.24, 2.45) is 0 Å². The second kappa shape index (κ2) is 13.4. The third-order valence-corrected chi connectivity index (χ3v) is 11.0. The SMILES string of the molecule is Fc1ccc2c(c1)C1c3ccc(-c4nc(-c5ccccc5)nc(-c5ccccc5)n4)cc3C2c2ccc(-c3nc(-c4ccccc4)nc(-c4ccccc4)n3)cc21. The molecule has 0 fully saturated rings. The first-order chi connectivity index (χ1) is 28.1. The van der Waals surface area contributed by atoms with E-state index < -0.39 is 0 Å². The molecule has 7 aromatic carbocycles. The number of halogens is 1. The molecule has 0 aliphatic heterocycles. The van der Waals surface area contributed by atoms with Crippen molar-refractivity contribution < 1.29 is 4.39 Å². The van der Waals surface area contributed by atoms with Crippen molar-refractivity contribution in [2.75, 3.05) is 0 Å². The van der Waals surface area contributed by atoms with Gasteiger partial charge in [0.1, 0.15) is 5.82 Å². The second-order valence-electron chi connectivity index (χ2n) is 14.4. The first kappa shape index (κ1) is 32.9. The molecule has 0 amide bonds.